The Morgan fingerprint density at radius 1 is 1.21 bits per heavy atom. The average molecular weight is 412 g/mol. The van der Waals surface area contributed by atoms with Gasteiger partial charge in [0, 0.05) is 18.0 Å². The van der Waals surface area contributed by atoms with Crippen LogP contribution in [0, 0.1) is 0 Å². The van der Waals surface area contributed by atoms with Crippen molar-refractivity contribution in [3.63, 3.8) is 0 Å². The molecular weight excluding hydrogens is 392 g/mol. The van der Waals surface area contributed by atoms with E-state index in [4.69, 9.17) is 0 Å². The van der Waals surface area contributed by atoms with Crippen molar-refractivity contribution in [2.45, 2.75) is 18.8 Å². The number of nitrogens with one attached hydrogen (secondary N) is 2. The van der Waals surface area contributed by atoms with E-state index >= 15 is 0 Å². The third-order valence-corrected chi connectivity index (χ3v) is 5.46. The largest absolute Gasteiger partial charge is 0.354 e. The Morgan fingerprint density at radius 2 is 1.90 bits per heavy atom. The molecule has 1 aromatic heterocycles. The van der Waals surface area contributed by atoms with Crippen LogP contribution in [-0.2, 0) is 10.0 Å². The standard InChI is InChI=1S/C20H20N4O4S/c1-21-20(26)19-16-9-15(13-5-6-13)18(23-29(2,27)28)10-17(16)22-24(19)14-7-3-12(11-25)4-8-14/h3-4,7-11,13,23H,5-6H2,1-2H3,(H,21,26). The number of nitrogens with zero attached hydrogens (tertiary/aromatic N) is 2. The predicted molar refractivity (Wildman–Crippen MR) is 110 cm³/mol. The van der Waals surface area contributed by atoms with Crippen molar-refractivity contribution in [2.24, 2.45) is 0 Å². The minimum Gasteiger partial charge on any atom is -0.354 e. The minimum atomic E-state index is -3.46. The summed E-state index contributed by atoms with van der Waals surface area (Å²) in [5.74, 6) is -0.0473. The van der Waals surface area contributed by atoms with Gasteiger partial charge < -0.3 is 5.32 Å². The lowest BCUT2D eigenvalue weighted by atomic mass is 10.0. The van der Waals surface area contributed by atoms with Crippen LogP contribution in [0.3, 0.4) is 0 Å². The van der Waals surface area contributed by atoms with Gasteiger partial charge in [-0.2, -0.15) is 5.10 Å². The second kappa shape index (κ2) is 7.00. The van der Waals surface area contributed by atoms with Crippen LogP contribution in [-0.4, -0.2) is 43.7 Å². The first-order chi connectivity index (χ1) is 13.8. The van der Waals surface area contributed by atoms with E-state index in [0.29, 0.717) is 33.5 Å². The monoisotopic (exact) mass is 412 g/mol. The van der Waals surface area contributed by atoms with Crippen LogP contribution in [0.25, 0.3) is 16.6 Å². The van der Waals surface area contributed by atoms with Crippen molar-refractivity contribution in [3.8, 4) is 5.69 Å². The molecule has 0 bridgehead atoms. The van der Waals surface area contributed by atoms with Crippen molar-refractivity contribution < 1.29 is 18.0 Å². The minimum absolute atomic E-state index is 0.261. The van der Waals surface area contributed by atoms with Crippen LogP contribution in [0.15, 0.2) is 36.4 Å². The first-order valence-corrected chi connectivity index (χ1v) is 11.0. The Hall–Kier alpha value is -3.20. The molecule has 0 spiro atoms. The highest BCUT2D eigenvalue weighted by Gasteiger charge is 2.29. The smallest absolute Gasteiger partial charge is 0.270 e. The summed E-state index contributed by atoms with van der Waals surface area (Å²) in [4.78, 5) is 23.6. The van der Waals surface area contributed by atoms with Crippen LogP contribution in [0.5, 0.6) is 0 Å². The summed E-state index contributed by atoms with van der Waals surface area (Å²) in [7, 11) is -1.91. The second-order valence-corrected chi connectivity index (χ2v) is 8.90. The summed E-state index contributed by atoms with van der Waals surface area (Å²) in [5.41, 5.74) is 3.35. The summed E-state index contributed by atoms with van der Waals surface area (Å²) in [6.07, 6.45) is 3.80. The molecule has 0 saturated heterocycles. The van der Waals surface area contributed by atoms with Gasteiger partial charge in [-0.1, -0.05) is 0 Å². The molecule has 0 unspecified atom stereocenters. The summed E-state index contributed by atoms with van der Waals surface area (Å²) in [5, 5.41) is 7.84. The highest BCUT2D eigenvalue weighted by molar-refractivity contribution is 7.92. The summed E-state index contributed by atoms with van der Waals surface area (Å²) in [6, 6.07) is 10.2. The van der Waals surface area contributed by atoms with Gasteiger partial charge in [-0.15, -0.1) is 0 Å². The Balaban J connectivity index is 1.96. The Kier molecular flexibility index (Phi) is 4.62. The molecule has 29 heavy (non-hydrogen) atoms. The number of anilines is 1. The van der Waals surface area contributed by atoms with Crippen molar-refractivity contribution >= 4 is 38.8 Å². The molecule has 2 N–H and O–H groups in total. The van der Waals surface area contributed by atoms with Crippen LogP contribution < -0.4 is 10.0 Å². The molecule has 1 heterocycles. The van der Waals surface area contributed by atoms with E-state index in [9.17, 15) is 18.0 Å². The number of fused-ring (bicyclic) bond motifs is 1. The first kappa shape index (κ1) is 19.1. The number of benzene rings is 2. The molecule has 1 saturated carbocycles. The van der Waals surface area contributed by atoms with E-state index in [1.807, 2.05) is 6.07 Å². The fraction of sp³-hybridized carbons (Fsp3) is 0.250. The van der Waals surface area contributed by atoms with Crippen molar-refractivity contribution in [2.75, 3.05) is 18.0 Å². The fourth-order valence-electron chi connectivity index (χ4n) is 3.39. The number of carbonyl (C=O) groups is 2. The summed E-state index contributed by atoms with van der Waals surface area (Å²) < 4.78 is 27.7. The number of rotatable bonds is 6. The van der Waals surface area contributed by atoms with E-state index in [0.717, 1.165) is 30.9 Å². The maximum Gasteiger partial charge on any atom is 0.270 e. The number of hydrogen-bond donors (Lipinski definition) is 2. The molecule has 1 amide bonds. The molecule has 4 rings (SSSR count). The number of aromatic nitrogens is 2. The highest BCUT2D eigenvalue weighted by atomic mass is 32.2. The van der Waals surface area contributed by atoms with Crippen molar-refractivity contribution in [1.82, 2.24) is 15.1 Å². The molecule has 1 aliphatic carbocycles. The summed E-state index contributed by atoms with van der Waals surface area (Å²) in [6.45, 7) is 0. The average Bonchev–Trinajstić information content (AvgIpc) is 3.46. The quantitative estimate of drug-likeness (QED) is 0.604. The van der Waals surface area contributed by atoms with Gasteiger partial charge in [-0.25, -0.2) is 13.1 Å². The molecule has 1 fully saturated rings. The number of aldehydes is 1. The highest BCUT2D eigenvalue weighted by Crippen LogP contribution is 2.45. The molecule has 3 aromatic rings. The normalized spacial score (nSPS) is 14.0. The molecule has 150 valence electrons. The lowest BCUT2D eigenvalue weighted by Crippen LogP contribution is -2.22. The third-order valence-electron chi connectivity index (χ3n) is 4.87. The zero-order valence-electron chi connectivity index (χ0n) is 16.0. The van der Waals surface area contributed by atoms with Crippen molar-refractivity contribution in [3.05, 3.63) is 53.2 Å². The maximum atomic E-state index is 12.7. The van der Waals surface area contributed by atoms with Gasteiger partial charge in [0.25, 0.3) is 5.91 Å². The molecular formula is C20H20N4O4S. The zero-order chi connectivity index (χ0) is 20.8. The van der Waals surface area contributed by atoms with Crippen LogP contribution in [0.1, 0.15) is 45.2 Å². The van der Waals surface area contributed by atoms with E-state index in [-0.39, 0.29) is 11.8 Å². The molecule has 0 aliphatic heterocycles. The lowest BCUT2D eigenvalue weighted by Gasteiger charge is -2.11. The SMILES string of the molecule is CNC(=O)c1c2cc(C3CC3)c(NS(C)(=O)=O)cc2nn1-c1ccc(C=O)cc1. The maximum absolute atomic E-state index is 12.7. The van der Waals surface area contributed by atoms with Crippen molar-refractivity contribution in [1.29, 1.82) is 0 Å². The van der Waals surface area contributed by atoms with Gasteiger partial charge in [0.15, 0.2) is 0 Å². The van der Waals surface area contributed by atoms with Gasteiger partial charge in [0.05, 0.1) is 23.1 Å². The summed E-state index contributed by atoms with van der Waals surface area (Å²) >= 11 is 0. The van der Waals surface area contributed by atoms with Gasteiger partial charge in [-0.05, 0) is 60.7 Å². The molecule has 1 aliphatic rings. The zero-order valence-corrected chi connectivity index (χ0v) is 16.8. The van der Waals surface area contributed by atoms with Crippen LogP contribution >= 0.6 is 0 Å². The number of carbonyl (C=O) groups excluding carboxylic acids is 2. The molecule has 9 heteroatoms. The molecule has 2 aromatic carbocycles. The van der Waals surface area contributed by atoms with Gasteiger partial charge >= 0.3 is 0 Å². The fourth-order valence-corrected chi connectivity index (χ4v) is 3.96. The Labute approximate surface area is 168 Å². The molecule has 0 radical (unpaired) electrons. The van der Waals surface area contributed by atoms with E-state index in [1.54, 1.807) is 37.4 Å². The predicted octanol–water partition coefficient (Wildman–Crippen LogP) is 2.45. The van der Waals surface area contributed by atoms with Gasteiger partial charge in [0.1, 0.15) is 12.0 Å². The second-order valence-electron chi connectivity index (χ2n) is 7.15. The Bertz CT molecular complexity index is 1230. The Morgan fingerprint density at radius 3 is 2.45 bits per heavy atom. The lowest BCUT2D eigenvalue weighted by molar-refractivity contribution is 0.0956. The van der Waals surface area contributed by atoms with E-state index in [1.165, 1.54) is 4.68 Å². The topological polar surface area (TPSA) is 110 Å². The molecule has 8 nitrogen and oxygen atoms in total. The van der Waals surface area contributed by atoms with E-state index in [2.05, 4.69) is 15.1 Å². The third kappa shape index (κ3) is 3.73. The first-order valence-electron chi connectivity index (χ1n) is 9.13. The number of sulfonamides is 1. The number of amides is 1. The molecule has 0 atom stereocenters. The van der Waals surface area contributed by atoms with Gasteiger partial charge in [0.2, 0.25) is 10.0 Å². The van der Waals surface area contributed by atoms with Crippen LogP contribution in [0.2, 0.25) is 0 Å². The number of hydrogen-bond acceptors (Lipinski definition) is 5. The van der Waals surface area contributed by atoms with E-state index < -0.39 is 10.0 Å². The van der Waals surface area contributed by atoms with Crippen LogP contribution in [0.4, 0.5) is 5.69 Å². The van der Waals surface area contributed by atoms with Gasteiger partial charge in [-0.3, -0.25) is 14.3 Å².